The Labute approximate surface area is 159 Å². The van der Waals surface area contributed by atoms with Gasteiger partial charge < -0.3 is 4.74 Å². The zero-order valence-electron chi connectivity index (χ0n) is 14.8. The Morgan fingerprint density at radius 2 is 2.00 bits per heavy atom. The molecule has 0 fully saturated rings. The Hall–Kier alpha value is -2.97. The van der Waals surface area contributed by atoms with Crippen LogP contribution in [0.15, 0.2) is 42.5 Å². The van der Waals surface area contributed by atoms with Gasteiger partial charge in [-0.05, 0) is 18.6 Å². The van der Waals surface area contributed by atoms with E-state index in [1.807, 2.05) is 31.2 Å². The molecule has 7 nitrogen and oxygen atoms in total. The molecule has 0 amide bonds. The lowest BCUT2D eigenvalue weighted by Gasteiger charge is -2.04. The number of rotatable bonds is 7. The van der Waals surface area contributed by atoms with Crippen LogP contribution in [0.4, 0.5) is 5.69 Å². The van der Waals surface area contributed by atoms with Crippen LogP contribution in [-0.2, 0) is 17.8 Å². The maximum absolute atomic E-state index is 12.6. The molecule has 0 unspecified atom stereocenters. The van der Waals surface area contributed by atoms with Gasteiger partial charge in [0.25, 0.3) is 5.69 Å². The van der Waals surface area contributed by atoms with Crippen LogP contribution in [0, 0.1) is 17.0 Å². The van der Waals surface area contributed by atoms with Gasteiger partial charge in [0.05, 0.1) is 23.5 Å². The fourth-order valence-corrected chi connectivity index (χ4v) is 3.60. The summed E-state index contributed by atoms with van der Waals surface area (Å²) in [5.74, 6) is -0.241. The molecule has 0 atom stereocenters. The molecule has 0 saturated carbocycles. The lowest BCUT2D eigenvalue weighted by atomic mass is 10.0. The van der Waals surface area contributed by atoms with Crippen LogP contribution in [0.3, 0.4) is 0 Å². The number of methoxy groups -OCH3 is 1. The molecule has 8 heteroatoms. The van der Waals surface area contributed by atoms with Gasteiger partial charge in [0, 0.05) is 24.3 Å². The van der Waals surface area contributed by atoms with Gasteiger partial charge in [-0.1, -0.05) is 41.7 Å². The van der Waals surface area contributed by atoms with Gasteiger partial charge in [-0.15, -0.1) is 10.2 Å². The van der Waals surface area contributed by atoms with Gasteiger partial charge >= 0.3 is 0 Å². The molecule has 3 aromatic rings. The molecule has 0 aliphatic heterocycles. The topological polar surface area (TPSA) is 95.2 Å². The Morgan fingerprint density at radius 3 is 2.70 bits per heavy atom. The smallest absolute Gasteiger partial charge is 0.275 e. The molecule has 0 spiro atoms. The first-order valence-electron chi connectivity index (χ1n) is 8.17. The summed E-state index contributed by atoms with van der Waals surface area (Å²) in [6.45, 7) is 2.10. The highest BCUT2D eigenvalue weighted by molar-refractivity contribution is 7.14. The highest BCUT2D eigenvalue weighted by Crippen LogP contribution is 2.27. The fraction of sp³-hybridized carbons (Fsp3) is 0.211. The third kappa shape index (κ3) is 4.24. The number of nitro groups is 1. The van der Waals surface area contributed by atoms with E-state index >= 15 is 0 Å². The zero-order valence-corrected chi connectivity index (χ0v) is 15.7. The van der Waals surface area contributed by atoms with Crippen LogP contribution in [0.5, 0.6) is 0 Å². The molecule has 1 heterocycles. The molecule has 2 aromatic carbocycles. The van der Waals surface area contributed by atoms with Crippen molar-refractivity contribution >= 4 is 22.8 Å². The van der Waals surface area contributed by atoms with Crippen molar-refractivity contribution in [1.82, 2.24) is 10.2 Å². The third-order valence-electron chi connectivity index (χ3n) is 4.06. The van der Waals surface area contributed by atoms with Gasteiger partial charge in [-0.2, -0.15) is 0 Å². The monoisotopic (exact) mass is 383 g/mol. The van der Waals surface area contributed by atoms with E-state index in [0.717, 1.165) is 16.1 Å². The van der Waals surface area contributed by atoms with E-state index in [1.165, 1.54) is 24.5 Å². The third-order valence-corrected chi connectivity index (χ3v) is 5.01. The fourth-order valence-electron chi connectivity index (χ4n) is 2.67. The Morgan fingerprint density at radius 1 is 1.22 bits per heavy atom. The number of benzene rings is 2. The van der Waals surface area contributed by atoms with Crippen LogP contribution in [-0.4, -0.2) is 28.0 Å². The maximum atomic E-state index is 12.6. The molecule has 0 N–H and O–H groups in total. The van der Waals surface area contributed by atoms with Gasteiger partial charge in [-0.25, -0.2) is 0 Å². The van der Waals surface area contributed by atoms with Gasteiger partial charge in [0.2, 0.25) is 0 Å². The molecule has 0 aliphatic carbocycles. The largest absolute Gasteiger partial charge is 0.380 e. The first kappa shape index (κ1) is 18.8. The summed E-state index contributed by atoms with van der Waals surface area (Å²) >= 11 is 1.35. The van der Waals surface area contributed by atoms with Crippen molar-refractivity contribution < 1.29 is 14.5 Å². The highest BCUT2D eigenvalue weighted by atomic mass is 32.1. The SMILES string of the molecule is COCc1ccc(C(=O)Cc2nnc(-c3ccccc3C)s2)cc1[N+](=O)[O-]. The van der Waals surface area contributed by atoms with Crippen molar-refractivity contribution in [3.05, 3.63) is 74.3 Å². The number of ether oxygens (including phenoxy) is 1. The molecule has 138 valence electrons. The van der Waals surface area contributed by atoms with Crippen molar-refractivity contribution in [2.75, 3.05) is 7.11 Å². The summed E-state index contributed by atoms with van der Waals surface area (Å²) < 4.78 is 4.96. The summed E-state index contributed by atoms with van der Waals surface area (Å²) in [4.78, 5) is 23.3. The van der Waals surface area contributed by atoms with Gasteiger partial charge in [0.1, 0.15) is 10.0 Å². The standard InChI is InChI=1S/C19H17N3O4S/c1-12-5-3-4-6-15(12)19-21-20-18(27-19)10-17(23)13-7-8-14(11-26-2)16(9-13)22(24)25/h3-9H,10-11H2,1-2H3. The van der Waals surface area contributed by atoms with E-state index in [-0.39, 0.29) is 30.1 Å². The second-order valence-corrected chi connectivity index (χ2v) is 7.01. The van der Waals surface area contributed by atoms with Crippen LogP contribution in [0.25, 0.3) is 10.6 Å². The first-order valence-corrected chi connectivity index (χ1v) is 8.99. The minimum absolute atomic E-state index is 0.0460. The number of Topliss-reactive ketones (excluding diaryl/α,β-unsaturated/α-hetero) is 1. The Balaban J connectivity index is 1.81. The van der Waals surface area contributed by atoms with E-state index in [9.17, 15) is 14.9 Å². The number of carbonyl (C=O) groups is 1. The molecular formula is C19H17N3O4S. The summed E-state index contributed by atoms with van der Waals surface area (Å²) in [5.41, 5.74) is 2.63. The molecular weight excluding hydrogens is 366 g/mol. The maximum Gasteiger partial charge on any atom is 0.275 e. The van der Waals surface area contributed by atoms with Crippen molar-refractivity contribution in [2.45, 2.75) is 20.0 Å². The summed E-state index contributed by atoms with van der Waals surface area (Å²) in [6.07, 6.45) is 0.0460. The summed E-state index contributed by atoms with van der Waals surface area (Å²) in [7, 11) is 1.46. The number of hydrogen-bond acceptors (Lipinski definition) is 7. The summed E-state index contributed by atoms with van der Waals surface area (Å²) in [5, 5.41) is 20.8. The predicted molar refractivity (Wildman–Crippen MR) is 102 cm³/mol. The second kappa shape index (κ2) is 8.15. The predicted octanol–water partition coefficient (Wildman–Crippen LogP) is 3.99. The molecule has 3 rings (SSSR count). The number of nitrogens with zero attached hydrogens (tertiary/aromatic N) is 3. The number of carbonyl (C=O) groups excluding carboxylic acids is 1. The van der Waals surface area contributed by atoms with Crippen LogP contribution < -0.4 is 0 Å². The zero-order chi connectivity index (χ0) is 19.4. The molecule has 0 bridgehead atoms. The first-order chi connectivity index (χ1) is 13.0. The van der Waals surface area contributed by atoms with E-state index in [2.05, 4.69) is 10.2 Å². The Bertz CT molecular complexity index is 1000. The van der Waals surface area contributed by atoms with Crippen molar-refractivity contribution in [3.8, 4) is 10.6 Å². The molecule has 0 radical (unpaired) electrons. The number of aryl methyl sites for hydroxylation is 1. The molecule has 0 aliphatic rings. The molecule has 27 heavy (non-hydrogen) atoms. The van der Waals surface area contributed by atoms with Gasteiger partial charge in [-0.3, -0.25) is 14.9 Å². The van der Waals surface area contributed by atoms with Crippen LogP contribution in [0.1, 0.15) is 26.5 Å². The average Bonchev–Trinajstić information content (AvgIpc) is 3.10. The minimum atomic E-state index is -0.508. The summed E-state index contributed by atoms with van der Waals surface area (Å²) in [6, 6.07) is 12.2. The molecule has 0 saturated heterocycles. The van der Waals surface area contributed by atoms with E-state index in [0.29, 0.717) is 10.6 Å². The lowest BCUT2D eigenvalue weighted by Crippen LogP contribution is -2.06. The van der Waals surface area contributed by atoms with Gasteiger partial charge in [0.15, 0.2) is 5.78 Å². The average molecular weight is 383 g/mol. The number of aromatic nitrogens is 2. The van der Waals surface area contributed by atoms with E-state index in [1.54, 1.807) is 12.1 Å². The van der Waals surface area contributed by atoms with Crippen molar-refractivity contribution in [3.63, 3.8) is 0 Å². The van der Waals surface area contributed by atoms with Crippen molar-refractivity contribution in [1.29, 1.82) is 0 Å². The second-order valence-electron chi connectivity index (χ2n) is 5.95. The molecule has 1 aromatic heterocycles. The highest BCUT2D eigenvalue weighted by Gasteiger charge is 2.19. The van der Waals surface area contributed by atoms with Crippen LogP contribution >= 0.6 is 11.3 Å². The van der Waals surface area contributed by atoms with Crippen molar-refractivity contribution in [2.24, 2.45) is 0 Å². The lowest BCUT2D eigenvalue weighted by molar-refractivity contribution is -0.385. The number of ketones is 1. The van der Waals surface area contributed by atoms with Crippen LogP contribution in [0.2, 0.25) is 0 Å². The normalized spacial score (nSPS) is 10.7. The quantitative estimate of drug-likeness (QED) is 0.348. The minimum Gasteiger partial charge on any atom is -0.380 e. The number of hydrogen-bond donors (Lipinski definition) is 0. The number of nitro benzene ring substituents is 1. The van der Waals surface area contributed by atoms with E-state index < -0.39 is 4.92 Å². The van der Waals surface area contributed by atoms with E-state index in [4.69, 9.17) is 4.74 Å². The Kier molecular flexibility index (Phi) is 5.68.